The van der Waals surface area contributed by atoms with Crippen molar-refractivity contribution in [2.24, 2.45) is 0 Å². The average Bonchev–Trinajstić information content (AvgIpc) is 3.55. The molecule has 1 fully saturated rings. The molecule has 192 valence electrons. The summed E-state index contributed by atoms with van der Waals surface area (Å²) in [5, 5.41) is 28.9. The molecule has 0 aliphatic carbocycles. The number of carbonyl (C=O) groups is 1. The highest BCUT2D eigenvalue weighted by molar-refractivity contribution is 6.36. The van der Waals surface area contributed by atoms with Gasteiger partial charge in [-0.25, -0.2) is 4.79 Å². The monoisotopic (exact) mass is 510 g/mol. The molecule has 0 spiro atoms. The van der Waals surface area contributed by atoms with Crippen molar-refractivity contribution in [2.75, 3.05) is 32.9 Å². The van der Waals surface area contributed by atoms with Crippen LogP contribution in [0.25, 0.3) is 54.4 Å². The number of morpholine rings is 1. The number of carbonyl (C=O) groups excluding carboxylic acids is 1. The summed E-state index contributed by atoms with van der Waals surface area (Å²) in [5.74, 6) is 0.126. The Morgan fingerprint density at radius 2 is 1.50 bits per heavy atom. The molecule has 1 amide bonds. The van der Waals surface area contributed by atoms with Crippen LogP contribution in [-0.2, 0) is 22.6 Å². The molecule has 3 aromatic carbocycles. The largest absolute Gasteiger partial charge is 0.494 e. The molecule has 2 aliphatic heterocycles. The molecule has 0 radical (unpaired) electrons. The maximum Gasteiger partial charge on any atom is 0.410 e. The molecule has 0 saturated carbocycles. The summed E-state index contributed by atoms with van der Waals surface area (Å²) in [6.45, 7) is 2.25. The van der Waals surface area contributed by atoms with Crippen molar-refractivity contribution < 1.29 is 24.5 Å². The van der Waals surface area contributed by atoms with E-state index in [4.69, 9.17) is 9.47 Å². The Hall–Kier alpha value is -4.21. The summed E-state index contributed by atoms with van der Waals surface area (Å²) < 4.78 is 15.4. The van der Waals surface area contributed by atoms with Gasteiger partial charge in [-0.2, -0.15) is 0 Å². The third kappa shape index (κ3) is 2.85. The van der Waals surface area contributed by atoms with Crippen LogP contribution in [0.4, 0.5) is 4.79 Å². The number of nitrogens with one attached hydrogen (secondary N) is 1. The van der Waals surface area contributed by atoms with Crippen molar-refractivity contribution in [3.05, 3.63) is 54.7 Å². The van der Waals surface area contributed by atoms with Gasteiger partial charge in [0, 0.05) is 57.3 Å². The standard InChI is InChI=1S/C29H26N4O5/c34-27-24-19(13-30-27)22-17-5-1-3-7-20(17)32-14-29(36,16-38-28(35)31-9-11-37-12-10-31)15-33-21-8-4-2-6-18(21)23(24)26(33)25(22)32/h1-8,13,30,34,36H,9-12,14-16H2. The summed E-state index contributed by atoms with van der Waals surface area (Å²) in [6, 6.07) is 16.2. The lowest BCUT2D eigenvalue weighted by molar-refractivity contribution is -0.0535. The fourth-order valence-corrected chi connectivity index (χ4v) is 6.58. The maximum absolute atomic E-state index is 12.8. The van der Waals surface area contributed by atoms with Gasteiger partial charge in [0.1, 0.15) is 12.2 Å². The molecule has 8 rings (SSSR count). The summed E-state index contributed by atoms with van der Waals surface area (Å²) in [7, 11) is 0. The molecule has 1 unspecified atom stereocenters. The summed E-state index contributed by atoms with van der Waals surface area (Å²) >= 11 is 0. The van der Waals surface area contributed by atoms with Gasteiger partial charge in [0.05, 0.1) is 42.7 Å². The van der Waals surface area contributed by atoms with E-state index in [2.05, 4.69) is 32.3 Å². The van der Waals surface area contributed by atoms with Crippen LogP contribution in [0.1, 0.15) is 0 Å². The molecular weight excluding hydrogens is 484 g/mol. The number of aliphatic hydroxyl groups is 1. The first-order valence-corrected chi connectivity index (χ1v) is 12.9. The first-order chi connectivity index (χ1) is 18.5. The van der Waals surface area contributed by atoms with Crippen molar-refractivity contribution in [2.45, 2.75) is 18.7 Å². The first kappa shape index (κ1) is 21.8. The number of aromatic hydroxyl groups is 1. The molecule has 0 bridgehead atoms. The number of aromatic nitrogens is 3. The van der Waals surface area contributed by atoms with Gasteiger partial charge < -0.3 is 38.7 Å². The van der Waals surface area contributed by atoms with Crippen LogP contribution in [0.15, 0.2) is 54.7 Å². The predicted molar refractivity (Wildman–Crippen MR) is 145 cm³/mol. The Balaban J connectivity index is 1.41. The van der Waals surface area contributed by atoms with E-state index in [1.54, 1.807) is 4.90 Å². The number of amides is 1. The van der Waals surface area contributed by atoms with Crippen molar-refractivity contribution in [3.63, 3.8) is 0 Å². The summed E-state index contributed by atoms with van der Waals surface area (Å²) in [4.78, 5) is 17.5. The molecular formula is C29H26N4O5. The van der Waals surface area contributed by atoms with E-state index in [-0.39, 0.29) is 25.6 Å². The summed E-state index contributed by atoms with van der Waals surface area (Å²) in [6.07, 6.45) is 1.43. The van der Waals surface area contributed by atoms with Crippen molar-refractivity contribution in [3.8, 4) is 5.88 Å². The third-order valence-corrected chi connectivity index (χ3v) is 8.18. The minimum Gasteiger partial charge on any atom is -0.494 e. The Labute approximate surface area is 216 Å². The van der Waals surface area contributed by atoms with Crippen LogP contribution >= 0.6 is 0 Å². The van der Waals surface area contributed by atoms with E-state index in [1.807, 2.05) is 36.5 Å². The number of rotatable bonds is 2. The lowest BCUT2D eigenvalue weighted by atomic mass is 10.0. The van der Waals surface area contributed by atoms with Gasteiger partial charge in [0.15, 0.2) is 5.88 Å². The van der Waals surface area contributed by atoms with Crippen LogP contribution in [0.5, 0.6) is 5.88 Å². The highest BCUT2D eigenvalue weighted by Gasteiger charge is 2.38. The van der Waals surface area contributed by atoms with Gasteiger partial charge in [-0.3, -0.25) is 0 Å². The molecule has 38 heavy (non-hydrogen) atoms. The molecule has 3 N–H and O–H groups in total. The van der Waals surface area contributed by atoms with E-state index in [0.29, 0.717) is 26.3 Å². The second-order valence-corrected chi connectivity index (χ2v) is 10.5. The maximum atomic E-state index is 12.8. The predicted octanol–water partition coefficient (Wildman–Crippen LogP) is 4.30. The van der Waals surface area contributed by atoms with Gasteiger partial charge >= 0.3 is 6.09 Å². The van der Waals surface area contributed by atoms with E-state index in [0.717, 1.165) is 54.4 Å². The van der Waals surface area contributed by atoms with Crippen molar-refractivity contribution in [1.29, 1.82) is 0 Å². The molecule has 6 aromatic rings. The second kappa shape index (κ2) is 7.66. The average molecular weight is 511 g/mol. The quantitative estimate of drug-likeness (QED) is 0.322. The van der Waals surface area contributed by atoms with Crippen molar-refractivity contribution >= 4 is 60.5 Å². The van der Waals surface area contributed by atoms with Crippen LogP contribution in [-0.4, -0.2) is 73.8 Å². The minimum atomic E-state index is -1.37. The zero-order valence-corrected chi connectivity index (χ0v) is 20.6. The van der Waals surface area contributed by atoms with Gasteiger partial charge in [-0.1, -0.05) is 36.4 Å². The van der Waals surface area contributed by atoms with Crippen LogP contribution in [0.2, 0.25) is 0 Å². The number of hydrogen-bond acceptors (Lipinski definition) is 5. The number of ether oxygens (including phenoxy) is 2. The fraction of sp³-hybridized carbons (Fsp3) is 0.276. The van der Waals surface area contributed by atoms with Crippen LogP contribution in [0.3, 0.4) is 0 Å². The third-order valence-electron chi connectivity index (χ3n) is 8.18. The van der Waals surface area contributed by atoms with E-state index in [9.17, 15) is 15.0 Å². The second-order valence-electron chi connectivity index (χ2n) is 10.5. The Morgan fingerprint density at radius 1 is 0.895 bits per heavy atom. The number of H-pyrrole nitrogens is 1. The zero-order valence-electron chi connectivity index (χ0n) is 20.6. The fourth-order valence-electron chi connectivity index (χ4n) is 6.58. The van der Waals surface area contributed by atoms with E-state index < -0.39 is 11.7 Å². The van der Waals surface area contributed by atoms with Crippen molar-refractivity contribution in [1.82, 2.24) is 19.0 Å². The lowest BCUT2D eigenvalue weighted by Gasteiger charge is -2.31. The molecule has 9 nitrogen and oxygen atoms in total. The minimum absolute atomic E-state index is 0.126. The SMILES string of the molecule is O=C(OCC1(O)Cn2c3ccccc3c3c4c[nH]c(O)c4c4c5ccccc5n(c4c32)C1)N1CCOCC1. The lowest BCUT2D eigenvalue weighted by Crippen LogP contribution is -2.46. The van der Waals surface area contributed by atoms with Crippen LogP contribution in [0, 0.1) is 0 Å². The molecule has 1 atom stereocenters. The smallest absolute Gasteiger partial charge is 0.410 e. The highest BCUT2D eigenvalue weighted by Crippen LogP contribution is 2.48. The van der Waals surface area contributed by atoms with Gasteiger partial charge in [0.25, 0.3) is 0 Å². The number of aromatic amines is 1. The Morgan fingerprint density at radius 3 is 2.18 bits per heavy atom. The van der Waals surface area contributed by atoms with E-state index in [1.165, 1.54) is 0 Å². The number of nitrogens with zero attached hydrogens (tertiary/aromatic N) is 3. The Bertz CT molecular complexity index is 1930. The molecule has 2 aliphatic rings. The number of hydrogen-bond donors (Lipinski definition) is 3. The zero-order chi connectivity index (χ0) is 25.6. The number of para-hydroxylation sites is 2. The molecule has 5 heterocycles. The molecule has 9 heteroatoms. The van der Waals surface area contributed by atoms with Gasteiger partial charge in [-0.05, 0) is 12.1 Å². The molecule has 1 saturated heterocycles. The number of fused-ring (bicyclic) bond motifs is 9. The molecule has 3 aromatic heterocycles. The normalized spacial score (nSPS) is 19.9. The van der Waals surface area contributed by atoms with Gasteiger partial charge in [-0.15, -0.1) is 0 Å². The highest BCUT2D eigenvalue weighted by atomic mass is 16.6. The van der Waals surface area contributed by atoms with Crippen LogP contribution < -0.4 is 0 Å². The van der Waals surface area contributed by atoms with E-state index >= 15 is 0 Å². The Kier molecular flexibility index (Phi) is 4.40. The van der Waals surface area contributed by atoms with Gasteiger partial charge in [0.2, 0.25) is 0 Å². The number of benzene rings is 3. The first-order valence-electron chi connectivity index (χ1n) is 12.9. The topological polar surface area (TPSA) is 105 Å². The summed E-state index contributed by atoms with van der Waals surface area (Å²) in [5.41, 5.74) is 2.51.